The number of aromatic nitrogens is 3. The van der Waals surface area contributed by atoms with E-state index in [1.165, 1.54) is 6.92 Å². The predicted octanol–water partition coefficient (Wildman–Crippen LogP) is 6.20. The first-order chi connectivity index (χ1) is 19.8. The van der Waals surface area contributed by atoms with E-state index in [4.69, 9.17) is 23.9 Å². The quantitative estimate of drug-likeness (QED) is 0.0576. The normalized spacial score (nSPS) is 16.0. The van der Waals surface area contributed by atoms with Crippen LogP contribution in [0.5, 0.6) is 0 Å². The summed E-state index contributed by atoms with van der Waals surface area (Å²) in [4.78, 5) is 31.2. The van der Waals surface area contributed by atoms with Gasteiger partial charge >= 0.3 is 11.9 Å². The molecule has 1 fully saturated rings. The highest BCUT2D eigenvalue weighted by molar-refractivity contribution is 6.76. The number of rotatable bonds is 15. The first-order valence-corrected chi connectivity index (χ1v) is 22.5. The molecule has 12 heteroatoms. The maximum Gasteiger partial charge on any atom is 0.374 e. The third kappa shape index (κ3) is 10.6. The molecule has 0 amide bonds. The molecule has 0 saturated heterocycles. The molecule has 0 N–H and O–H groups in total. The first-order valence-electron chi connectivity index (χ1n) is 15.1. The molecule has 0 aliphatic heterocycles. The van der Waals surface area contributed by atoms with Gasteiger partial charge in [0.2, 0.25) is 5.76 Å². The summed E-state index contributed by atoms with van der Waals surface area (Å²) < 4.78 is 24.7. The van der Waals surface area contributed by atoms with E-state index in [0.29, 0.717) is 39.5 Å². The van der Waals surface area contributed by atoms with Crippen LogP contribution in [-0.4, -0.2) is 76.0 Å². The van der Waals surface area contributed by atoms with E-state index in [1.54, 1.807) is 13.1 Å². The summed E-state index contributed by atoms with van der Waals surface area (Å²) in [5.41, 5.74) is 2.56. The highest BCUT2D eigenvalue weighted by Gasteiger charge is 2.28. The molecule has 0 aromatic carbocycles. The Morgan fingerprint density at radius 3 is 2.12 bits per heavy atom. The molecule has 3 rings (SSSR count). The van der Waals surface area contributed by atoms with Gasteiger partial charge in [-0.15, -0.1) is 0 Å². The Morgan fingerprint density at radius 1 is 1.00 bits per heavy atom. The van der Waals surface area contributed by atoms with Crippen molar-refractivity contribution in [2.45, 2.75) is 96.8 Å². The monoisotopic (exact) mass is 618 g/mol. The number of fused-ring (bicyclic) bond motifs is 1. The number of esters is 2. The largest absolute Gasteiger partial charge is 0.460 e. The van der Waals surface area contributed by atoms with Gasteiger partial charge in [0, 0.05) is 60.0 Å². The molecule has 234 valence electrons. The summed E-state index contributed by atoms with van der Waals surface area (Å²) in [6.45, 7) is 19.6. The van der Waals surface area contributed by atoms with Crippen molar-refractivity contribution in [1.82, 2.24) is 14.6 Å². The lowest BCUT2D eigenvalue weighted by Crippen LogP contribution is -2.33. The molecular weight excluding hydrogens is 569 g/mol. The number of ether oxygens (including phenoxy) is 4. The molecule has 2 aromatic rings. The molecule has 42 heavy (non-hydrogen) atoms. The summed E-state index contributed by atoms with van der Waals surface area (Å²) >= 11 is 0. The van der Waals surface area contributed by atoms with Crippen molar-refractivity contribution in [3.63, 3.8) is 0 Å². The van der Waals surface area contributed by atoms with Crippen LogP contribution >= 0.6 is 0 Å². The Bertz CT molecular complexity index is 1200. The van der Waals surface area contributed by atoms with Crippen LogP contribution in [-0.2, 0) is 28.5 Å². The molecule has 1 aliphatic rings. The minimum absolute atomic E-state index is 0.0415. The van der Waals surface area contributed by atoms with Crippen molar-refractivity contribution in [2.75, 3.05) is 38.2 Å². The van der Waals surface area contributed by atoms with Gasteiger partial charge in [0.1, 0.15) is 19.3 Å². The maximum atomic E-state index is 12.5. The highest BCUT2D eigenvalue weighted by Crippen LogP contribution is 2.37. The van der Waals surface area contributed by atoms with Crippen LogP contribution in [0.15, 0.2) is 29.7 Å². The molecule has 2 aromatic heterocycles. The van der Waals surface area contributed by atoms with E-state index in [1.807, 2.05) is 10.6 Å². The lowest BCUT2D eigenvalue weighted by molar-refractivity contribution is -0.150. The second-order valence-electron chi connectivity index (χ2n) is 13.4. The van der Waals surface area contributed by atoms with Crippen molar-refractivity contribution in [1.29, 1.82) is 0 Å². The Labute approximate surface area is 252 Å². The second-order valence-corrected chi connectivity index (χ2v) is 24.6. The summed E-state index contributed by atoms with van der Waals surface area (Å²) in [5.74, 6) is -0.00423. The van der Waals surface area contributed by atoms with E-state index in [2.05, 4.69) is 55.3 Å². The molecule has 2 heterocycles. The second kappa shape index (κ2) is 15.3. The molecule has 0 bridgehead atoms. The fraction of sp³-hybridized carbons (Fsp3) is 0.667. The minimum Gasteiger partial charge on any atom is -0.460 e. The van der Waals surface area contributed by atoms with Crippen LogP contribution in [0.2, 0.25) is 51.4 Å². The zero-order valence-electron chi connectivity index (χ0n) is 26.8. The maximum absolute atomic E-state index is 12.5. The number of hydrogen-bond acceptors (Lipinski definition) is 9. The zero-order valence-corrected chi connectivity index (χ0v) is 28.8. The number of carbonyl (C=O) groups is 2. The van der Waals surface area contributed by atoms with Gasteiger partial charge in [0.15, 0.2) is 5.65 Å². The smallest absolute Gasteiger partial charge is 0.374 e. The average molecular weight is 619 g/mol. The molecule has 1 aliphatic carbocycles. The standard InChI is InChI=1S/C30H50N4O6Si2/c1-9-39-30(36)29(40-23(2)35)25-12-10-24(11-13-25)26-20-28(34-27(32-26)14-15-31-34)33(21-37-16-18-41(3,4)5)22-38-17-19-42(6,7)8/h14-15,20,24H,9-13,16-19,21-22H2,1-8H3. The van der Waals surface area contributed by atoms with E-state index >= 15 is 0 Å². The van der Waals surface area contributed by atoms with Gasteiger partial charge in [-0.25, -0.2) is 9.78 Å². The molecule has 1 saturated carbocycles. The van der Waals surface area contributed by atoms with Crippen LogP contribution in [0, 0.1) is 0 Å². The van der Waals surface area contributed by atoms with Gasteiger partial charge in [-0.05, 0) is 50.3 Å². The van der Waals surface area contributed by atoms with Crippen LogP contribution in [0.1, 0.15) is 51.1 Å². The Hall–Kier alpha value is -2.55. The van der Waals surface area contributed by atoms with Gasteiger partial charge < -0.3 is 23.8 Å². The van der Waals surface area contributed by atoms with E-state index in [9.17, 15) is 9.59 Å². The summed E-state index contributed by atoms with van der Waals surface area (Å²) in [7, 11) is -2.44. The average Bonchev–Trinajstić information content (AvgIpc) is 3.38. The van der Waals surface area contributed by atoms with Gasteiger partial charge in [-0.3, -0.25) is 4.79 Å². The van der Waals surface area contributed by atoms with Gasteiger partial charge in [-0.2, -0.15) is 9.61 Å². The van der Waals surface area contributed by atoms with Crippen molar-refractivity contribution in [3.05, 3.63) is 35.4 Å². The van der Waals surface area contributed by atoms with E-state index in [0.717, 1.165) is 47.7 Å². The van der Waals surface area contributed by atoms with Gasteiger partial charge in [-0.1, -0.05) is 39.3 Å². The zero-order chi connectivity index (χ0) is 30.9. The highest BCUT2D eigenvalue weighted by atomic mass is 28.3. The van der Waals surface area contributed by atoms with Crippen LogP contribution < -0.4 is 4.90 Å². The third-order valence-electron chi connectivity index (χ3n) is 7.21. The van der Waals surface area contributed by atoms with Crippen LogP contribution in [0.4, 0.5) is 5.82 Å². The van der Waals surface area contributed by atoms with Gasteiger partial charge in [0.25, 0.3) is 0 Å². The van der Waals surface area contributed by atoms with Gasteiger partial charge in [0.05, 0.1) is 12.8 Å². The molecule has 0 spiro atoms. The predicted molar refractivity (Wildman–Crippen MR) is 170 cm³/mol. The summed E-state index contributed by atoms with van der Waals surface area (Å²) in [6, 6.07) is 6.20. The lowest BCUT2D eigenvalue weighted by atomic mass is 9.83. The topological polar surface area (TPSA) is 104 Å². The van der Waals surface area contributed by atoms with Crippen LogP contribution in [0.25, 0.3) is 5.65 Å². The Morgan fingerprint density at radius 2 is 1.60 bits per heavy atom. The van der Waals surface area contributed by atoms with Crippen molar-refractivity contribution < 1.29 is 28.5 Å². The molecule has 0 atom stereocenters. The lowest BCUT2D eigenvalue weighted by Gasteiger charge is -2.28. The van der Waals surface area contributed by atoms with Crippen molar-refractivity contribution in [3.8, 4) is 0 Å². The molecule has 10 nitrogen and oxygen atoms in total. The fourth-order valence-corrected chi connectivity index (χ4v) is 6.23. The number of allylic oxidation sites excluding steroid dienone is 1. The molecular formula is C30H50N4O6Si2. The Kier molecular flexibility index (Phi) is 12.3. The van der Waals surface area contributed by atoms with Crippen molar-refractivity contribution >= 4 is 39.6 Å². The first kappa shape index (κ1) is 33.9. The number of anilines is 1. The summed E-state index contributed by atoms with van der Waals surface area (Å²) in [5, 5.41) is 4.57. The third-order valence-corrected chi connectivity index (χ3v) is 10.6. The minimum atomic E-state index is -1.22. The number of nitrogens with zero attached hydrogens (tertiary/aromatic N) is 4. The Balaban J connectivity index is 1.83. The van der Waals surface area contributed by atoms with E-state index in [-0.39, 0.29) is 18.3 Å². The fourth-order valence-electron chi connectivity index (χ4n) is 4.71. The van der Waals surface area contributed by atoms with Crippen molar-refractivity contribution in [2.24, 2.45) is 0 Å². The molecule has 0 radical (unpaired) electrons. The molecule has 0 unspecified atom stereocenters. The number of hydrogen-bond donors (Lipinski definition) is 0. The van der Waals surface area contributed by atoms with E-state index < -0.39 is 28.1 Å². The number of carbonyl (C=O) groups excluding carboxylic acids is 2. The SMILES string of the molecule is CCOC(=O)C(OC(C)=O)=C1CCC(c2cc(N(COCC[Si](C)(C)C)COCC[Si](C)(C)C)n3nccc3n2)CC1. The summed E-state index contributed by atoms with van der Waals surface area (Å²) in [6.07, 6.45) is 4.55. The van der Waals surface area contributed by atoms with Crippen LogP contribution in [0.3, 0.4) is 0 Å².